The van der Waals surface area contributed by atoms with E-state index in [0.717, 1.165) is 29.6 Å². The minimum atomic E-state index is -0.496. The van der Waals surface area contributed by atoms with E-state index in [-0.39, 0.29) is 17.7 Å². The summed E-state index contributed by atoms with van der Waals surface area (Å²) >= 11 is 6.09. The van der Waals surface area contributed by atoms with E-state index in [4.69, 9.17) is 16.3 Å². The molecule has 0 bridgehead atoms. The maximum atomic E-state index is 12.9. The number of ether oxygens (including phenoxy) is 1. The van der Waals surface area contributed by atoms with E-state index < -0.39 is 5.83 Å². The van der Waals surface area contributed by atoms with Crippen LogP contribution in [0.2, 0.25) is 5.15 Å². The number of pyridine rings is 2. The van der Waals surface area contributed by atoms with Crippen molar-refractivity contribution >= 4 is 28.5 Å². The first-order chi connectivity index (χ1) is 13.0. The number of nitrogens with one attached hydrogen (secondary N) is 1. The Kier molecular flexibility index (Phi) is 6.13. The van der Waals surface area contributed by atoms with Crippen LogP contribution in [0.15, 0.2) is 42.9 Å². The van der Waals surface area contributed by atoms with E-state index >= 15 is 0 Å². The van der Waals surface area contributed by atoms with E-state index in [9.17, 15) is 4.39 Å². The highest BCUT2D eigenvalue weighted by Crippen LogP contribution is 2.23. The topological polar surface area (TPSA) is 72.8 Å². The van der Waals surface area contributed by atoms with Crippen molar-refractivity contribution in [3.63, 3.8) is 0 Å². The van der Waals surface area contributed by atoms with E-state index in [0.29, 0.717) is 18.0 Å². The SMILES string of the molecule is C=C(F)CNc1nc(OCCCc2ccc3cccnc3n2)nc(Cl)c1C. The Morgan fingerprint density at radius 1 is 1.26 bits per heavy atom. The number of aromatic nitrogens is 4. The number of fused-ring (bicyclic) bond motifs is 1. The van der Waals surface area contributed by atoms with Gasteiger partial charge in [0.2, 0.25) is 0 Å². The van der Waals surface area contributed by atoms with Gasteiger partial charge in [-0.1, -0.05) is 18.2 Å². The largest absolute Gasteiger partial charge is 0.463 e. The third kappa shape index (κ3) is 5.10. The fraction of sp³-hybridized carbons (Fsp3) is 0.263. The first-order valence-electron chi connectivity index (χ1n) is 8.47. The molecule has 0 atom stereocenters. The fourth-order valence-electron chi connectivity index (χ4n) is 2.43. The molecule has 0 aromatic carbocycles. The average molecular weight is 388 g/mol. The van der Waals surface area contributed by atoms with Crippen molar-refractivity contribution in [3.8, 4) is 6.01 Å². The zero-order valence-corrected chi connectivity index (χ0v) is 15.6. The van der Waals surface area contributed by atoms with Gasteiger partial charge in [0.05, 0.1) is 13.2 Å². The van der Waals surface area contributed by atoms with Gasteiger partial charge >= 0.3 is 6.01 Å². The van der Waals surface area contributed by atoms with Crippen LogP contribution in [-0.2, 0) is 6.42 Å². The number of hydrogen-bond donors (Lipinski definition) is 1. The first-order valence-corrected chi connectivity index (χ1v) is 8.85. The summed E-state index contributed by atoms with van der Waals surface area (Å²) in [7, 11) is 0. The smallest absolute Gasteiger partial charge is 0.319 e. The Morgan fingerprint density at radius 2 is 2.11 bits per heavy atom. The second kappa shape index (κ2) is 8.73. The van der Waals surface area contributed by atoms with Crippen molar-refractivity contribution in [1.29, 1.82) is 0 Å². The van der Waals surface area contributed by atoms with Crippen molar-refractivity contribution in [2.75, 3.05) is 18.5 Å². The summed E-state index contributed by atoms with van der Waals surface area (Å²) in [4.78, 5) is 17.1. The Morgan fingerprint density at radius 3 is 2.93 bits per heavy atom. The van der Waals surface area contributed by atoms with Crippen LogP contribution >= 0.6 is 11.6 Å². The van der Waals surface area contributed by atoms with Gasteiger partial charge < -0.3 is 10.1 Å². The number of halogens is 2. The zero-order chi connectivity index (χ0) is 19.2. The molecule has 0 unspecified atom stereocenters. The lowest BCUT2D eigenvalue weighted by molar-refractivity contribution is 0.286. The second-order valence-electron chi connectivity index (χ2n) is 5.95. The molecule has 3 heterocycles. The standard InChI is InChI=1S/C19H19ClFN5O/c1-12(21)11-23-17-13(2)16(20)25-19(26-17)27-10-4-6-15-8-7-14-5-3-9-22-18(14)24-15/h3,5,7-9H,1,4,6,10-11H2,2H3,(H,23,25,26). The fourth-order valence-corrected chi connectivity index (χ4v) is 2.60. The van der Waals surface area contributed by atoms with Crippen LogP contribution in [-0.4, -0.2) is 33.1 Å². The molecule has 0 aliphatic rings. The van der Waals surface area contributed by atoms with Gasteiger partial charge in [-0.05, 0) is 44.0 Å². The highest BCUT2D eigenvalue weighted by molar-refractivity contribution is 6.30. The van der Waals surface area contributed by atoms with Crippen LogP contribution < -0.4 is 10.1 Å². The van der Waals surface area contributed by atoms with E-state index in [2.05, 4.69) is 31.8 Å². The summed E-state index contributed by atoms with van der Waals surface area (Å²) in [6.45, 7) is 5.30. The van der Waals surface area contributed by atoms with E-state index in [1.54, 1.807) is 13.1 Å². The lowest BCUT2D eigenvalue weighted by Gasteiger charge is -2.11. The van der Waals surface area contributed by atoms with Crippen molar-refractivity contribution < 1.29 is 9.13 Å². The van der Waals surface area contributed by atoms with E-state index in [1.165, 1.54) is 0 Å². The van der Waals surface area contributed by atoms with Gasteiger partial charge in [0.1, 0.15) is 16.8 Å². The summed E-state index contributed by atoms with van der Waals surface area (Å²) in [5.41, 5.74) is 2.30. The quantitative estimate of drug-likeness (QED) is 0.459. The van der Waals surface area contributed by atoms with Gasteiger partial charge in [0, 0.05) is 22.8 Å². The number of rotatable bonds is 8. The van der Waals surface area contributed by atoms with Crippen molar-refractivity contribution in [1.82, 2.24) is 19.9 Å². The number of anilines is 1. The molecule has 8 heteroatoms. The summed E-state index contributed by atoms with van der Waals surface area (Å²) in [5.74, 6) is -0.0740. The molecule has 3 aromatic heterocycles. The lowest BCUT2D eigenvalue weighted by atomic mass is 10.2. The second-order valence-corrected chi connectivity index (χ2v) is 6.30. The number of nitrogens with zero attached hydrogens (tertiary/aromatic N) is 4. The molecule has 0 saturated heterocycles. The van der Waals surface area contributed by atoms with Crippen LogP contribution in [0, 0.1) is 6.92 Å². The van der Waals surface area contributed by atoms with Crippen molar-refractivity contribution in [2.45, 2.75) is 19.8 Å². The molecule has 3 aromatic rings. The highest BCUT2D eigenvalue weighted by atomic mass is 35.5. The molecular formula is C19H19ClFN5O. The highest BCUT2D eigenvalue weighted by Gasteiger charge is 2.10. The van der Waals surface area contributed by atoms with Crippen LogP contribution in [0.1, 0.15) is 17.7 Å². The van der Waals surface area contributed by atoms with E-state index in [1.807, 2.05) is 24.3 Å². The molecule has 0 aliphatic carbocycles. The predicted molar refractivity (Wildman–Crippen MR) is 104 cm³/mol. The third-order valence-electron chi connectivity index (χ3n) is 3.84. The van der Waals surface area contributed by atoms with Crippen LogP contribution in [0.5, 0.6) is 6.01 Å². The lowest BCUT2D eigenvalue weighted by Crippen LogP contribution is -2.09. The summed E-state index contributed by atoms with van der Waals surface area (Å²) in [5, 5.41) is 4.09. The Hall–Kier alpha value is -2.80. The molecule has 140 valence electrons. The minimum Gasteiger partial charge on any atom is -0.463 e. The van der Waals surface area contributed by atoms with Gasteiger partial charge in [-0.2, -0.15) is 9.97 Å². The monoisotopic (exact) mass is 387 g/mol. The molecule has 0 radical (unpaired) electrons. The molecular weight excluding hydrogens is 369 g/mol. The average Bonchev–Trinajstić information content (AvgIpc) is 2.66. The van der Waals surface area contributed by atoms with Gasteiger partial charge in [-0.15, -0.1) is 0 Å². The van der Waals surface area contributed by atoms with Crippen LogP contribution in [0.4, 0.5) is 10.2 Å². The zero-order valence-electron chi connectivity index (χ0n) is 14.9. The predicted octanol–water partition coefficient (Wildman–Crippen LogP) is 4.29. The molecule has 1 N–H and O–H groups in total. The van der Waals surface area contributed by atoms with Gasteiger partial charge in [0.15, 0.2) is 5.65 Å². The molecule has 6 nitrogen and oxygen atoms in total. The van der Waals surface area contributed by atoms with Crippen LogP contribution in [0.25, 0.3) is 11.0 Å². The Bertz CT molecular complexity index is 966. The van der Waals surface area contributed by atoms with Crippen molar-refractivity contribution in [3.05, 3.63) is 59.3 Å². The van der Waals surface area contributed by atoms with Gasteiger partial charge in [-0.3, -0.25) is 0 Å². The molecule has 0 spiro atoms. The van der Waals surface area contributed by atoms with Crippen LogP contribution in [0.3, 0.4) is 0 Å². The minimum absolute atomic E-state index is 0.0463. The molecule has 0 aliphatic heterocycles. The maximum Gasteiger partial charge on any atom is 0.319 e. The Balaban J connectivity index is 1.57. The molecule has 27 heavy (non-hydrogen) atoms. The Labute approximate surface area is 161 Å². The molecule has 0 saturated carbocycles. The number of hydrogen-bond acceptors (Lipinski definition) is 6. The normalized spacial score (nSPS) is 10.8. The summed E-state index contributed by atoms with van der Waals surface area (Å²) in [6.07, 6.45) is 3.19. The third-order valence-corrected chi connectivity index (χ3v) is 4.21. The molecule has 3 rings (SSSR count). The molecule has 0 amide bonds. The maximum absolute atomic E-state index is 12.9. The summed E-state index contributed by atoms with van der Waals surface area (Å²) < 4.78 is 18.4. The van der Waals surface area contributed by atoms with Gasteiger partial charge in [0.25, 0.3) is 0 Å². The van der Waals surface area contributed by atoms with Gasteiger partial charge in [-0.25, -0.2) is 14.4 Å². The first kappa shape index (κ1) is 19.0. The van der Waals surface area contributed by atoms with Crippen molar-refractivity contribution in [2.24, 2.45) is 0 Å². The summed E-state index contributed by atoms with van der Waals surface area (Å²) in [6, 6.07) is 7.99. The number of aryl methyl sites for hydroxylation is 1. The molecule has 0 fully saturated rings.